The van der Waals surface area contributed by atoms with E-state index < -0.39 is 17.7 Å². The van der Waals surface area contributed by atoms with Gasteiger partial charge < -0.3 is 5.11 Å². The molecule has 31 heavy (non-hydrogen) atoms. The predicted molar refractivity (Wildman–Crippen MR) is 123 cm³/mol. The standard InChI is InChI=1S/C27H25NO3/c1-16-10-12-18(3)21(14-16)25(29)23-24(20-8-6-5-7-9-20)28(27(31)26(23)30)22-15-17(2)11-13-19(22)4/h5-15,24,29H,1-4H3/b25-23+. The number of aliphatic hydroxyl groups excluding tert-OH is 1. The molecule has 0 saturated carbocycles. The number of amides is 1. The third kappa shape index (κ3) is 3.55. The Morgan fingerprint density at radius 1 is 0.806 bits per heavy atom. The topological polar surface area (TPSA) is 57.6 Å². The van der Waals surface area contributed by atoms with Crippen LogP contribution in [-0.4, -0.2) is 16.8 Å². The van der Waals surface area contributed by atoms with Gasteiger partial charge in [-0.1, -0.05) is 60.2 Å². The number of rotatable bonds is 3. The van der Waals surface area contributed by atoms with E-state index in [2.05, 4.69) is 0 Å². The number of Topliss-reactive ketones (excluding diaryl/α,β-unsaturated/α-hetero) is 1. The van der Waals surface area contributed by atoms with Gasteiger partial charge in [-0.25, -0.2) is 0 Å². The van der Waals surface area contributed by atoms with Crippen LogP contribution in [0.25, 0.3) is 5.76 Å². The van der Waals surface area contributed by atoms with Gasteiger partial charge in [0.25, 0.3) is 11.7 Å². The van der Waals surface area contributed by atoms with Crippen molar-refractivity contribution in [1.82, 2.24) is 0 Å². The van der Waals surface area contributed by atoms with Gasteiger partial charge in [0.05, 0.1) is 11.6 Å². The normalized spacial score (nSPS) is 17.9. The first kappa shape index (κ1) is 20.6. The van der Waals surface area contributed by atoms with Gasteiger partial charge >= 0.3 is 0 Å². The summed E-state index contributed by atoms with van der Waals surface area (Å²) in [5.41, 5.74) is 5.82. The Labute approximate surface area is 182 Å². The molecule has 3 aromatic carbocycles. The minimum Gasteiger partial charge on any atom is -0.507 e. The third-order valence-electron chi connectivity index (χ3n) is 5.83. The monoisotopic (exact) mass is 411 g/mol. The van der Waals surface area contributed by atoms with E-state index in [0.29, 0.717) is 11.3 Å². The summed E-state index contributed by atoms with van der Waals surface area (Å²) >= 11 is 0. The first-order valence-corrected chi connectivity index (χ1v) is 10.3. The van der Waals surface area contributed by atoms with Crippen LogP contribution in [0.4, 0.5) is 5.69 Å². The maximum absolute atomic E-state index is 13.3. The molecule has 1 aliphatic rings. The Hall–Kier alpha value is -3.66. The zero-order valence-corrected chi connectivity index (χ0v) is 18.1. The first-order chi connectivity index (χ1) is 14.8. The lowest BCUT2D eigenvalue weighted by Crippen LogP contribution is -2.30. The highest BCUT2D eigenvalue weighted by molar-refractivity contribution is 6.51. The maximum atomic E-state index is 13.3. The van der Waals surface area contributed by atoms with Crippen LogP contribution in [0.3, 0.4) is 0 Å². The van der Waals surface area contributed by atoms with Gasteiger partial charge in [0.15, 0.2) is 0 Å². The van der Waals surface area contributed by atoms with E-state index in [-0.39, 0.29) is 11.3 Å². The smallest absolute Gasteiger partial charge is 0.300 e. The van der Waals surface area contributed by atoms with Gasteiger partial charge in [-0.05, 0) is 62.1 Å². The number of nitrogens with zero attached hydrogens (tertiary/aromatic N) is 1. The van der Waals surface area contributed by atoms with Crippen molar-refractivity contribution in [1.29, 1.82) is 0 Å². The number of aliphatic hydroxyl groups is 1. The van der Waals surface area contributed by atoms with Crippen LogP contribution in [-0.2, 0) is 9.59 Å². The van der Waals surface area contributed by atoms with E-state index in [4.69, 9.17) is 0 Å². The van der Waals surface area contributed by atoms with Crippen LogP contribution in [0.1, 0.15) is 39.4 Å². The molecule has 0 aromatic heterocycles. The largest absolute Gasteiger partial charge is 0.507 e. The number of benzene rings is 3. The molecule has 1 N–H and O–H groups in total. The fourth-order valence-electron chi connectivity index (χ4n) is 4.15. The maximum Gasteiger partial charge on any atom is 0.300 e. The molecule has 1 amide bonds. The summed E-state index contributed by atoms with van der Waals surface area (Å²) in [6.07, 6.45) is 0. The van der Waals surface area contributed by atoms with Crippen LogP contribution < -0.4 is 4.90 Å². The first-order valence-electron chi connectivity index (χ1n) is 10.3. The summed E-state index contributed by atoms with van der Waals surface area (Å²) in [5, 5.41) is 11.3. The second-order valence-corrected chi connectivity index (χ2v) is 8.19. The van der Waals surface area contributed by atoms with Crippen molar-refractivity contribution >= 4 is 23.1 Å². The van der Waals surface area contributed by atoms with E-state index in [9.17, 15) is 14.7 Å². The lowest BCUT2D eigenvalue weighted by Gasteiger charge is -2.27. The molecule has 4 heteroatoms. The lowest BCUT2D eigenvalue weighted by atomic mass is 9.93. The highest BCUT2D eigenvalue weighted by Gasteiger charge is 2.47. The predicted octanol–water partition coefficient (Wildman–Crippen LogP) is 5.55. The summed E-state index contributed by atoms with van der Waals surface area (Å²) in [6, 6.07) is 20.2. The minimum absolute atomic E-state index is 0.116. The van der Waals surface area contributed by atoms with Crippen LogP contribution in [0.15, 0.2) is 72.3 Å². The average Bonchev–Trinajstić information content (AvgIpc) is 3.02. The van der Waals surface area contributed by atoms with Crippen LogP contribution >= 0.6 is 0 Å². The lowest BCUT2D eigenvalue weighted by molar-refractivity contribution is -0.132. The third-order valence-corrected chi connectivity index (χ3v) is 5.83. The van der Waals surface area contributed by atoms with Crippen LogP contribution in [0.5, 0.6) is 0 Å². The highest BCUT2D eigenvalue weighted by atomic mass is 16.3. The summed E-state index contributed by atoms with van der Waals surface area (Å²) in [7, 11) is 0. The van der Waals surface area contributed by atoms with Crippen molar-refractivity contribution < 1.29 is 14.7 Å². The number of ketones is 1. The second kappa shape index (κ2) is 7.88. The fourth-order valence-corrected chi connectivity index (χ4v) is 4.15. The van der Waals surface area contributed by atoms with Crippen molar-refractivity contribution in [3.8, 4) is 0 Å². The molecule has 1 heterocycles. The van der Waals surface area contributed by atoms with E-state index in [1.54, 1.807) is 0 Å². The average molecular weight is 412 g/mol. The molecule has 1 fully saturated rings. The Morgan fingerprint density at radius 2 is 1.42 bits per heavy atom. The van der Waals surface area contributed by atoms with E-state index in [0.717, 1.165) is 27.8 Å². The molecule has 156 valence electrons. The zero-order valence-electron chi connectivity index (χ0n) is 18.1. The van der Waals surface area contributed by atoms with E-state index >= 15 is 0 Å². The molecule has 1 unspecified atom stereocenters. The number of carbonyl (C=O) groups is 2. The molecule has 4 nitrogen and oxygen atoms in total. The molecular formula is C27H25NO3. The van der Waals surface area contributed by atoms with E-state index in [1.165, 1.54) is 4.90 Å². The summed E-state index contributed by atoms with van der Waals surface area (Å²) < 4.78 is 0. The summed E-state index contributed by atoms with van der Waals surface area (Å²) in [6.45, 7) is 7.68. The van der Waals surface area contributed by atoms with Gasteiger partial charge in [0, 0.05) is 11.3 Å². The number of hydrogen-bond acceptors (Lipinski definition) is 3. The Balaban J connectivity index is 2.01. The molecule has 0 radical (unpaired) electrons. The minimum atomic E-state index is -0.707. The molecule has 1 atom stereocenters. The molecular weight excluding hydrogens is 386 g/mol. The van der Waals surface area contributed by atoms with Crippen molar-refractivity contribution in [2.24, 2.45) is 0 Å². The van der Waals surface area contributed by atoms with Crippen molar-refractivity contribution in [2.45, 2.75) is 33.7 Å². The van der Waals surface area contributed by atoms with Crippen molar-refractivity contribution in [2.75, 3.05) is 4.90 Å². The Morgan fingerprint density at radius 3 is 2.10 bits per heavy atom. The van der Waals surface area contributed by atoms with Gasteiger partial charge in [-0.15, -0.1) is 0 Å². The van der Waals surface area contributed by atoms with Gasteiger partial charge in [-0.3, -0.25) is 14.5 Å². The SMILES string of the molecule is Cc1ccc(C)c(/C(O)=C2\C(=O)C(=O)N(c3cc(C)ccc3C)C2c2ccccc2)c1. The zero-order chi connectivity index (χ0) is 22.3. The molecule has 1 saturated heterocycles. The van der Waals surface area contributed by atoms with Gasteiger partial charge in [0.2, 0.25) is 0 Å². The van der Waals surface area contributed by atoms with Gasteiger partial charge in [0.1, 0.15) is 5.76 Å². The molecule has 4 rings (SSSR count). The number of anilines is 1. The molecule has 0 bridgehead atoms. The Bertz CT molecular complexity index is 1220. The summed E-state index contributed by atoms with van der Waals surface area (Å²) in [5.74, 6) is -1.44. The second-order valence-electron chi connectivity index (χ2n) is 8.19. The van der Waals surface area contributed by atoms with Gasteiger partial charge in [-0.2, -0.15) is 0 Å². The quantitative estimate of drug-likeness (QED) is 0.349. The number of aryl methyl sites for hydroxylation is 4. The number of hydrogen-bond donors (Lipinski definition) is 1. The van der Waals surface area contributed by atoms with Crippen LogP contribution in [0, 0.1) is 27.7 Å². The van der Waals surface area contributed by atoms with E-state index in [1.807, 2.05) is 94.4 Å². The van der Waals surface area contributed by atoms with Crippen molar-refractivity contribution in [3.05, 3.63) is 106 Å². The molecule has 3 aromatic rings. The molecule has 1 aliphatic heterocycles. The Kier molecular flexibility index (Phi) is 5.24. The molecule has 0 aliphatic carbocycles. The summed E-state index contributed by atoms with van der Waals surface area (Å²) in [4.78, 5) is 28.1. The fraction of sp³-hybridized carbons (Fsp3) is 0.185. The molecule has 0 spiro atoms. The van der Waals surface area contributed by atoms with Crippen molar-refractivity contribution in [3.63, 3.8) is 0 Å². The van der Waals surface area contributed by atoms with Crippen LogP contribution in [0.2, 0.25) is 0 Å². The highest BCUT2D eigenvalue weighted by Crippen LogP contribution is 2.43. The number of carbonyl (C=O) groups excluding carboxylic acids is 2.